The number of hydrogen-bond acceptors (Lipinski definition) is 2. The summed E-state index contributed by atoms with van der Waals surface area (Å²) >= 11 is 0. The van der Waals surface area contributed by atoms with Crippen molar-refractivity contribution in [3.8, 4) is 0 Å². The highest BCUT2D eigenvalue weighted by atomic mass is 16.2. The average Bonchev–Trinajstić information content (AvgIpc) is 2.35. The van der Waals surface area contributed by atoms with Crippen LogP contribution in [0.2, 0.25) is 0 Å². The summed E-state index contributed by atoms with van der Waals surface area (Å²) in [6, 6.07) is 5.60. The van der Waals surface area contributed by atoms with Crippen LogP contribution in [0.5, 0.6) is 0 Å². The fourth-order valence-electron chi connectivity index (χ4n) is 2.14. The lowest BCUT2D eigenvalue weighted by molar-refractivity contribution is 0.200. The number of benzene rings is 1. The third kappa shape index (κ3) is 2.70. The zero-order chi connectivity index (χ0) is 12.3. The summed E-state index contributed by atoms with van der Waals surface area (Å²) in [6.45, 7) is 3.64. The number of nitrogens with two attached hydrogens (primary N) is 1. The van der Waals surface area contributed by atoms with Gasteiger partial charge in [0.25, 0.3) is 0 Å². The molecule has 0 unspecified atom stereocenters. The number of likely N-dealkylation sites (tertiary alicyclic amines) is 1. The van der Waals surface area contributed by atoms with Crippen LogP contribution in [0.4, 0.5) is 16.2 Å². The van der Waals surface area contributed by atoms with Crippen LogP contribution in [0.25, 0.3) is 0 Å². The molecule has 1 saturated heterocycles. The molecule has 2 amide bonds. The molecule has 92 valence electrons. The second-order valence-electron chi connectivity index (χ2n) is 4.52. The van der Waals surface area contributed by atoms with Gasteiger partial charge in [-0.05, 0) is 37.8 Å². The molecule has 0 saturated carbocycles. The molecule has 1 aromatic rings. The molecule has 0 aromatic heterocycles. The van der Waals surface area contributed by atoms with Crippen LogP contribution in [-0.2, 0) is 0 Å². The Morgan fingerprint density at radius 1 is 1.29 bits per heavy atom. The summed E-state index contributed by atoms with van der Waals surface area (Å²) in [5, 5.41) is 2.91. The van der Waals surface area contributed by atoms with Gasteiger partial charge in [0.15, 0.2) is 0 Å². The maximum atomic E-state index is 12.0. The summed E-state index contributed by atoms with van der Waals surface area (Å²) in [5.41, 5.74) is 8.22. The van der Waals surface area contributed by atoms with E-state index in [9.17, 15) is 4.79 Å². The first-order chi connectivity index (χ1) is 8.18. The SMILES string of the molecule is Cc1cccc(N)c1NC(=O)N1CCCCC1. The minimum absolute atomic E-state index is 0.0364. The van der Waals surface area contributed by atoms with Crippen molar-refractivity contribution in [1.29, 1.82) is 0 Å². The summed E-state index contributed by atoms with van der Waals surface area (Å²) in [4.78, 5) is 13.9. The maximum absolute atomic E-state index is 12.0. The van der Waals surface area contributed by atoms with Gasteiger partial charge in [-0.3, -0.25) is 0 Å². The summed E-state index contributed by atoms with van der Waals surface area (Å²) in [6.07, 6.45) is 3.41. The van der Waals surface area contributed by atoms with Crippen LogP contribution in [0.3, 0.4) is 0 Å². The van der Waals surface area contributed by atoms with Crippen molar-refractivity contribution in [2.24, 2.45) is 0 Å². The number of nitrogens with one attached hydrogen (secondary N) is 1. The van der Waals surface area contributed by atoms with Gasteiger partial charge in [-0.15, -0.1) is 0 Å². The van der Waals surface area contributed by atoms with E-state index in [-0.39, 0.29) is 6.03 Å². The van der Waals surface area contributed by atoms with Gasteiger partial charge in [-0.1, -0.05) is 12.1 Å². The van der Waals surface area contributed by atoms with Crippen molar-refractivity contribution in [2.75, 3.05) is 24.1 Å². The largest absolute Gasteiger partial charge is 0.397 e. The third-order valence-corrected chi connectivity index (χ3v) is 3.18. The van der Waals surface area contributed by atoms with Gasteiger partial charge in [0, 0.05) is 13.1 Å². The number of anilines is 2. The van der Waals surface area contributed by atoms with E-state index < -0.39 is 0 Å². The number of carbonyl (C=O) groups excluding carboxylic acids is 1. The van der Waals surface area contributed by atoms with Gasteiger partial charge < -0.3 is 16.0 Å². The molecule has 2 rings (SSSR count). The zero-order valence-corrected chi connectivity index (χ0v) is 10.2. The van der Waals surface area contributed by atoms with E-state index in [1.807, 2.05) is 24.0 Å². The normalized spacial score (nSPS) is 15.7. The highest BCUT2D eigenvalue weighted by Gasteiger charge is 2.17. The van der Waals surface area contributed by atoms with Crippen molar-refractivity contribution in [2.45, 2.75) is 26.2 Å². The summed E-state index contributed by atoms with van der Waals surface area (Å²) in [7, 11) is 0. The Hall–Kier alpha value is -1.71. The molecule has 1 heterocycles. The number of piperidine rings is 1. The highest BCUT2D eigenvalue weighted by molar-refractivity contribution is 5.93. The van der Waals surface area contributed by atoms with Crippen LogP contribution < -0.4 is 11.1 Å². The van der Waals surface area contributed by atoms with E-state index in [2.05, 4.69) is 5.32 Å². The van der Waals surface area contributed by atoms with Crippen molar-refractivity contribution >= 4 is 17.4 Å². The summed E-state index contributed by atoms with van der Waals surface area (Å²) < 4.78 is 0. The molecule has 1 fully saturated rings. The third-order valence-electron chi connectivity index (χ3n) is 3.18. The lowest BCUT2D eigenvalue weighted by Gasteiger charge is -2.27. The van der Waals surface area contributed by atoms with Crippen molar-refractivity contribution in [3.05, 3.63) is 23.8 Å². The molecule has 4 heteroatoms. The predicted molar refractivity (Wildman–Crippen MR) is 70.0 cm³/mol. The fraction of sp³-hybridized carbons (Fsp3) is 0.462. The number of amides is 2. The predicted octanol–water partition coefficient (Wildman–Crippen LogP) is 2.60. The smallest absolute Gasteiger partial charge is 0.321 e. The number of para-hydroxylation sites is 1. The first-order valence-electron chi connectivity index (χ1n) is 6.09. The van der Waals surface area contributed by atoms with E-state index in [0.29, 0.717) is 5.69 Å². The topological polar surface area (TPSA) is 58.4 Å². The molecule has 0 aliphatic carbocycles. The maximum Gasteiger partial charge on any atom is 0.321 e. The minimum atomic E-state index is -0.0364. The molecular weight excluding hydrogens is 214 g/mol. The number of nitrogens with zero attached hydrogens (tertiary/aromatic N) is 1. The lowest BCUT2D eigenvalue weighted by atomic mass is 10.1. The number of urea groups is 1. The van der Waals surface area contributed by atoms with Crippen LogP contribution in [0.15, 0.2) is 18.2 Å². The molecule has 1 aliphatic heterocycles. The van der Waals surface area contributed by atoms with Gasteiger partial charge in [0.1, 0.15) is 0 Å². The molecule has 3 N–H and O–H groups in total. The Labute approximate surface area is 102 Å². The van der Waals surface area contributed by atoms with E-state index >= 15 is 0 Å². The molecule has 1 aromatic carbocycles. The number of nitrogen functional groups attached to an aromatic ring is 1. The average molecular weight is 233 g/mol. The Morgan fingerprint density at radius 2 is 2.00 bits per heavy atom. The standard InChI is InChI=1S/C13H19N3O/c1-10-6-5-7-11(14)12(10)15-13(17)16-8-3-2-4-9-16/h5-7H,2-4,8-9,14H2,1H3,(H,15,17). The number of aryl methyl sites for hydroxylation is 1. The van der Waals surface area contributed by atoms with E-state index in [0.717, 1.165) is 37.2 Å². The van der Waals surface area contributed by atoms with E-state index in [4.69, 9.17) is 5.73 Å². The first kappa shape index (κ1) is 11.8. The fourth-order valence-corrected chi connectivity index (χ4v) is 2.14. The molecular formula is C13H19N3O. The van der Waals surface area contributed by atoms with Gasteiger partial charge in [-0.25, -0.2) is 4.79 Å². The number of hydrogen-bond donors (Lipinski definition) is 2. The van der Waals surface area contributed by atoms with Gasteiger partial charge in [0.2, 0.25) is 0 Å². The zero-order valence-electron chi connectivity index (χ0n) is 10.2. The van der Waals surface area contributed by atoms with Crippen molar-refractivity contribution in [1.82, 2.24) is 4.90 Å². The van der Waals surface area contributed by atoms with Gasteiger partial charge in [0.05, 0.1) is 11.4 Å². The molecule has 0 spiro atoms. The van der Waals surface area contributed by atoms with Gasteiger partial charge >= 0.3 is 6.03 Å². The first-order valence-corrected chi connectivity index (χ1v) is 6.09. The molecule has 4 nitrogen and oxygen atoms in total. The second-order valence-corrected chi connectivity index (χ2v) is 4.52. The number of rotatable bonds is 1. The second kappa shape index (κ2) is 5.08. The Kier molecular flexibility index (Phi) is 3.52. The Bertz CT molecular complexity index is 391. The Morgan fingerprint density at radius 3 is 2.65 bits per heavy atom. The van der Waals surface area contributed by atoms with E-state index in [1.54, 1.807) is 6.07 Å². The molecule has 0 radical (unpaired) electrons. The minimum Gasteiger partial charge on any atom is -0.397 e. The van der Waals surface area contributed by atoms with E-state index in [1.165, 1.54) is 6.42 Å². The van der Waals surface area contributed by atoms with Crippen molar-refractivity contribution in [3.63, 3.8) is 0 Å². The van der Waals surface area contributed by atoms with Crippen LogP contribution in [-0.4, -0.2) is 24.0 Å². The number of carbonyl (C=O) groups is 1. The molecule has 1 aliphatic rings. The molecule has 0 atom stereocenters. The molecule has 0 bridgehead atoms. The Balaban J connectivity index is 2.07. The van der Waals surface area contributed by atoms with Crippen LogP contribution >= 0.6 is 0 Å². The van der Waals surface area contributed by atoms with Gasteiger partial charge in [-0.2, -0.15) is 0 Å². The van der Waals surface area contributed by atoms with Crippen LogP contribution in [0.1, 0.15) is 24.8 Å². The summed E-state index contributed by atoms with van der Waals surface area (Å²) in [5.74, 6) is 0. The molecule has 17 heavy (non-hydrogen) atoms. The quantitative estimate of drug-likeness (QED) is 0.732. The van der Waals surface area contributed by atoms with Crippen molar-refractivity contribution < 1.29 is 4.79 Å². The van der Waals surface area contributed by atoms with Crippen LogP contribution in [0, 0.1) is 6.92 Å². The highest BCUT2D eigenvalue weighted by Crippen LogP contribution is 2.23. The monoisotopic (exact) mass is 233 g/mol. The lowest BCUT2D eigenvalue weighted by Crippen LogP contribution is -2.38.